The lowest BCUT2D eigenvalue weighted by molar-refractivity contribution is -0.385. The van der Waals surface area contributed by atoms with Gasteiger partial charge in [0.05, 0.1) is 18.1 Å². The summed E-state index contributed by atoms with van der Waals surface area (Å²) in [4.78, 5) is 20.7. The van der Waals surface area contributed by atoms with Crippen LogP contribution >= 0.6 is 0 Å². The van der Waals surface area contributed by atoms with Crippen molar-refractivity contribution in [2.75, 3.05) is 7.11 Å². The lowest BCUT2D eigenvalue weighted by Gasteiger charge is -2.07. The Balaban J connectivity index is 3.30. The molecule has 1 rings (SSSR count). The third-order valence-corrected chi connectivity index (χ3v) is 1.96. The van der Waals surface area contributed by atoms with Gasteiger partial charge in [0.1, 0.15) is 5.78 Å². The number of rotatable bonds is 4. The predicted molar refractivity (Wildman–Crippen MR) is 54.0 cm³/mol. The second kappa shape index (κ2) is 4.69. The maximum Gasteiger partial charge on any atom is 0.272 e. The number of hydrogen-bond acceptors (Lipinski definition) is 4. The SMILES string of the molecule is COc1c(F)cc([N+](=O)[O-])cc1CC(C)=O. The molecule has 1 aromatic carbocycles. The van der Waals surface area contributed by atoms with E-state index in [-0.39, 0.29) is 23.5 Å². The number of nitro groups is 1. The van der Waals surface area contributed by atoms with Crippen LogP contribution in [0.5, 0.6) is 5.75 Å². The summed E-state index contributed by atoms with van der Waals surface area (Å²) in [6, 6.07) is 1.91. The van der Waals surface area contributed by atoms with Gasteiger partial charge in [0.2, 0.25) is 0 Å². The summed E-state index contributed by atoms with van der Waals surface area (Å²) in [5, 5.41) is 10.5. The highest BCUT2D eigenvalue weighted by molar-refractivity contribution is 5.79. The van der Waals surface area contributed by atoms with E-state index >= 15 is 0 Å². The number of carbonyl (C=O) groups is 1. The number of nitrogens with zero attached hydrogens (tertiary/aromatic N) is 1. The summed E-state index contributed by atoms with van der Waals surface area (Å²) < 4.78 is 18.1. The van der Waals surface area contributed by atoms with Crippen LogP contribution in [0.1, 0.15) is 12.5 Å². The van der Waals surface area contributed by atoms with E-state index in [1.807, 2.05) is 0 Å². The fourth-order valence-electron chi connectivity index (χ4n) is 1.37. The van der Waals surface area contributed by atoms with E-state index in [1.54, 1.807) is 0 Å². The summed E-state index contributed by atoms with van der Waals surface area (Å²) in [6.07, 6.45) is -0.0955. The highest BCUT2D eigenvalue weighted by atomic mass is 19.1. The molecular formula is C10H10FNO4. The van der Waals surface area contributed by atoms with Crippen molar-refractivity contribution in [2.24, 2.45) is 0 Å². The van der Waals surface area contributed by atoms with Crippen molar-refractivity contribution in [2.45, 2.75) is 13.3 Å². The van der Waals surface area contributed by atoms with Gasteiger partial charge in [-0.25, -0.2) is 4.39 Å². The Kier molecular flexibility index (Phi) is 3.55. The lowest BCUT2D eigenvalue weighted by atomic mass is 10.1. The number of methoxy groups -OCH3 is 1. The third-order valence-electron chi connectivity index (χ3n) is 1.96. The summed E-state index contributed by atoms with van der Waals surface area (Å²) in [5.41, 5.74) is -0.212. The number of halogens is 1. The quantitative estimate of drug-likeness (QED) is 0.581. The van der Waals surface area contributed by atoms with Crippen LogP contribution in [0.25, 0.3) is 0 Å². The Morgan fingerprint density at radius 3 is 2.62 bits per heavy atom. The van der Waals surface area contributed by atoms with Gasteiger partial charge < -0.3 is 4.74 Å². The fraction of sp³-hybridized carbons (Fsp3) is 0.300. The number of benzene rings is 1. The molecule has 0 aliphatic rings. The van der Waals surface area contributed by atoms with E-state index in [4.69, 9.17) is 4.74 Å². The molecule has 0 N–H and O–H groups in total. The topological polar surface area (TPSA) is 69.4 Å². The monoisotopic (exact) mass is 227 g/mol. The molecule has 16 heavy (non-hydrogen) atoms. The number of ketones is 1. The van der Waals surface area contributed by atoms with Gasteiger partial charge in [-0.3, -0.25) is 14.9 Å². The first-order valence-corrected chi connectivity index (χ1v) is 4.46. The molecule has 0 aliphatic heterocycles. The standard InChI is InChI=1S/C10H10FNO4/c1-6(13)3-7-4-8(12(14)15)5-9(11)10(7)16-2/h4-5H,3H2,1-2H3. The first kappa shape index (κ1) is 12.1. The zero-order valence-corrected chi connectivity index (χ0v) is 8.82. The van der Waals surface area contributed by atoms with Crippen molar-refractivity contribution in [3.8, 4) is 5.75 Å². The molecule has 0 saturated heterocycles. The molecule has 0 fully saturated rings. The number of nitro benzene ring substituents is 1. The van der Waals surface area contributed by atoms with E-state index in [0.29, 0.717) is 0 Å². The Bertz CT molecular complexity index is 445. The second-order valence-corrected chi connectivity index (χ2v) is 3.26. The summed E-state index contributed by atoms with van der Waals surface area (Å²) in [7, 11) is 1.24. The van der Waals surface area contributed by atoms with Crippen LogP contribution in [0, 0.1) is 15.9 Å². The van der Waals surface area contributed by atoms with Gasteiger partial charge in [-0.15, -0.1) is 0 Å². The smallest absolute Gasteiger partial charge is 0.272 e. The van der Waals surface area contributed by atoms with E-state index < -0.39 is 16.4 Å². The maximum atomic E-state index is 13.4. The van der Waals surface area contributed by atoms with Crippen molar-refractivity contribution < 1.29 is 18.8 Å². The molecule has 0 aliphatic carbocycles. The number of Topliss-reactive ketones (excluding diaryl/α,β-unsaturated/α-hetero) is 1. The summed E-state index contributed by atoms with van der Waals surface area (Å²) in [6.45, 7) is 1.32. The normalized spacial score (nSPS) is 9.94. The van der Waals surface area contributed by atoms with Gasteiger partial charge >= 0.3 is 0 Å². The summed E-state index contributed by atoms with van der Waals surface area (Å²) in [5.74, 6) is -1.19. The molecule has 0 atom stereocenters. The molecule has 0 radical (unpaired) electrons. The van der Waals surface area contributed by atoms with Crippen molar-refractivity contribution >= 4 is 11.5 Å². The highest BCUT2D eigenvalue weighted by Crippen LogP contribution is 2.28. The minimum Gasteiger partial charge on any atom is -0.493 e. The molecule has 1 aromatic rings. The van der Waals surface area contributed by atoms with Crippen LogP contribution in [0.15, 0.2) is 12.1 Å². The van der Waals surface area contributed by atoms with Crippen molar-refractivity contribution in [3.05, 3.63) is 33.6 Å². The summed E-state index contributed by atoms with van der Waals surface area (Å²) >= 11 is 0. The van der Waals surface area contributed by atoms with Crippen LogP contribution in [-0.2, 0) is 11.2 Å². The van der Waals surface area contributed by atoms with Crippen LogP contribution < -0.4 is 4.74 Å². The molecule has 0 amide bonds. The number of ether oxygens (including phenoxy) is 1. The number of non-ortho nitro benzene ring substituents is 1. The van der Waals surface area contributed by atoms with E-state index in [2.05, 4.69) is 0 Å². The molecule has 0 bridgehead atoms. The zero-order chi connectivity index (χ0) is 12.3. The molecule has 0 spiro atoms. The molecule has 5 nitrogen and oxygen atoms in total. The van der Waals surface area contributed by atoms with E-state index in [1.165, 1.54) is 14.0 Å². The highest BCUT2D eigenvalue weighted by Gasteiger charge is 2.18. The van der Waals surface area contributed by atoms with Gasteiger partial charge in [-0.2, -0.15) is 0 Å². The predicted octanol–water partition coefficient (Wildman–Crippen LogP) is 1.87. The van der Waals surface area contributed by atoms with Gasteiger partial charge in [0, 0.05) is 18.1 Å². The van der Waals surface area contributed by atoms with Crippen LogP contribution in [0.4, 0.5) is 10.1 Å². The van der Waals surface area contributed by atoms with Gasteiger partial charge in [-0.1, -0.05) is 0 Å². The zero-order valence-electron chi connectivity index (χ0n) is 8.82. The van der Waals surface area contributed by atoms with Gasteiger partial charge in [-0.05, 0) is 6.92 Å². The molecule has 6 heteroatoms. The average Bonchev–Trinajstić information content (AvgIpc) is 2.16. The first-order valence-electron chi connectivity index (χ1n) is 4.46. The minimum absolute atomic E-state index is 0.0955. The molecule has 86 valence electrons. The molecule has 0 heterocycles. The van der Waals surface area contributed by atoms with Crippen molar-refractivity contribution in [1.82, 2.24) is 0 Å². The van der Waals surface area contributed by atoms with Crippen LogP contribution in [-0.4, -0.2) is 17.8 Å². The molecule has 0 unspecified atom stereocenters. The Morgan fingerprint density at radius 1 is 1.56 bits per heavy atom. The molecule has 0 saturated carbocycles. The van der Waals surface area contributed by atoms with E-state index in [0.717, 1.165) is 12.1 Å². The van der Waals surface area contributed by atoms with Crippen molar-refractivity contribution in [1.29, 1.82) is 0 Å². The van der Waals surface area contributed by atoms with Crippen LogP contribution in [0.2, 0.25) is 0 Å². The Hall–Kier alpha value is -1.98. The van der Waals surface area contributed by atoms with E-state index in [9.17, 15) is 19.3 Å². The first-order chi connectivity index (χ1) is 7.45. The molecule has 0 aromatic heterocycles. The fourth-order valence-corrected chi connectivity index (χ4v) is 1.37. The number of carbonyl (C=O) groups excluding carboxylic acids is 1. The number of hydrogen-bond donors (Lipinski definition) is 0. The minimum atomic E-state index is -0.840. The lowest BCUT2D eigenvalue weighted by Crippen LogP contribution is -2.03. The van der Waals surface area contributed by atoms with Crippen molar-refractivity contribution in [3.63, 3.8) is 0 Å². The Morgan fingerprint density at radius 2 is 2.19 bits per heavy atom. The largest absolute Gasteiger partial charge is 0.493 e. The Labute approximate surface area is 91.0 Å². The van der Waals surface area contributed by atoms with Gasteiger partial charge in [0.25, 0.3) is 5.69 Å². The van der Waals surface area contributed by atoms with Gasteiger partial charge in [0.15, 0.2) is 11.6 Å². The third kappa shape index (κ3) is 2.53. The molecular weight excluding hydrogens is 217 g/mol. The average molecular weight is 227 g/mol. The second-order valence-electron chi connectivity index (χ2n) is 3.26. The maximum absolute atomic E-state index is 13.4. The van der Waals surface area contributed by atoms with Crippen LogP contribution in [0.3, 0.4) is 0 Å².